The number of rotatable bonds is 9. The van der Waals surface area contributed by atoms with Crippen molar-refractivity contribution in [3.8, 4) is 11.5 Å². The van der Waals surface area contributed by atoms with Crippen LogP contribution in [0.2, 0.25) is 0 Å². The lowest BCUT2D eigenvalue weighted by atomic mass is 10.1. The van der Waals surface area contributed by atoms with Gasteiger partial charge in [-0.2, -0.15) is 0 Å². The molecule has 2 aromatic carbocycles. The Morgan fingerprint density at radius 1 is 1.12 bits per heavy atom. The number of anilines is 1. The van der Waals surface area contributed by atoms with E-state index in [4.69, 9.17) is 9.47 Å². The van der Waals surface area contributed by atoms with Gasteiger partial charge >= 0.3 is 0 Å². The van der Waals surface area contributed by atoms with Crippen LogP contribution >= 0.6 is 0 Å². The van der Waals surface area contributed by atoms with Crippen LogP contribution in [0.5, 0.6) is 11.5 Å². The first kappa shape index (κ1) is 19.6. The lowest BCUT2D eigenvalue weighted by molar-refractivity contribution is -0.122. The molecule has 0 fully saturated rings. The lowest BCUT2D eigenvalue weighted by Gasteiger charge is -2.21. The maximum absolute atomic E-state index is 12.5. The van der Waals surface area contributed by atoms with Gasteiger partial charge < -0.3 is 20.1 Å². The first-order chi connectivity index (χ1) is 12.5. The SMILES string of the molecule is CCCOc1cccc(NC(C)C(=O)NC(C)c2ccccc2OC)c1. The Balaban J connectivity index is 1.97. The summed E-state index contributed by atoms with van der Waals surface area (Å²) in [6, 6.07) is 14.8. The van der Waals surface area contributed by atoms with Gasteiger partial charge in [0.05, 0.1) is 19.8 Å². The van der Waals surface area contributed by atoms with Crippen molar-refractivity contribution in [3.05, 3.63) is 54.1 Å². The maximum Gasteiger partial charge on any atom is 0.242 e. The van der Waals surface area contributed by atoms with E-state index in [1.807, 2.05) is 62.4 Å². The highest BCUT2D eigenvalue weighted by atomic mass is 16.5. The Bertz CT molecular complexity index is 718. The van der Waals surface area contributed by atoms with E-state index < -0.39 is 0 Å². The molecule has 0 spiro atoms. The van der Waals surface area contributed by atoms with Crippen LogP contribution in [0.15, 0.2) is 48.5 Å². The molecule has 0 aromatic heterocycles. The molecule has 2 unspecified atom stereocenters. The highest BCUT2D eigenvalue weighted by Crippen LogP contribution is 2.24. The van der Waals surface area contributed by atoms with E-state index in [0.717, 1.165) is 29.2 Å². The van der Waals surface area contributed by atoms with Crippen molar-refractivity contribution in [1.29, 1.82) is 0 Å². The average Bonchev–Trinajstić information content (AvgIpc) is 2.66. The van der Waals surface area contributed by atoms with Crippen molar-refractivity contribution in [1.82, 2.24) is 5.32 Å². The van der Waals surface area contributed by atoms with Gasteiger partial charge in [-0.1, -0.05) is 31.2 Å². The summed E-state index contributed by atoms with van der Waals surface area (Å²) in [6.45, 7) is 6.53. The molecule has 0 saturated carbocycles. The predicted octanol–water partition coefficient (Wildman–Crippen LogP) is 4.16. The Labute approximate surface area is 155 Å². The van der Waals surface area contributed by atoms with Gasteiger partial charge in [-0.15, -0.1) is 0 Å². The van der Waals surface area contributed by atoms with Crippen molar-refractivity contribution in [2.45, 2.75) is 39.3 Å². The van der Waals surface area contributed by atoms with E-state index in [1.165, 1.54) is 0 Å². The van der Waals surface area contributed by atoms with Crippen molar-refractivity contribution in [2.24, 2.45) is 0 Å². The second-order valence-electron chi connectivity index (χ2n) is 6.21. The van der Waals surface area contributed by atoms with Crippen LogP contribution < -0.4 is 20.1 Å². The number of carbonyl (C=O) groups is 1. The van der Waals surface area contributed by atoms with Gasteiger partial charge in [0.2, 0.25) is 5.91 Å². The zero-order chi connectivity index (χ0) is 18.9. The number of amides is 1. The van der Waals surface area contributed by atoms with Crippen molar-refractivity contribution in [2.75, 3.05) is 19.0 Å². The summed E-state index contributed by atoms with van der Waals surface area (Å²) >= 11 is 0. The number of methoxy groups -OCH3 is 1. The van der Waals surface area contributed by atoms with Crippen LogP contribution in [0, 0.1) is 0 Å². The average molecular weight is 356 g/mol. The van der Waals surface area contributed by atoms with Crippen LogP contribution in [0.25, 0.3) is 0 Å². The van der Waals surface area contributed by atoms with Crippen molar-refractivity contribution < 1.29 is 14.3 Å². The van der Waals surface area contributed by atoms with E-state index in [9.17, 15) is 4.79 Å². The normalized spacial score (nSPS) is 12.8. The molecular weight excluding hydrogens is 328 g/mol. The van der Waals surface area contributed by atoms with E-state index in [2.05, 4.69) is 17.6 Å². The molecule has 2 aromatic rings. The molecule has 2 rings (SSSR count). The number of benzene rings is 2. The molecule has 2 atom stereocenters. The number of carbonyl (C=O) groups excluding carboxylic acids is 1. The highest BCUT2D eigenvalue weighted by molar-refractivity contribution is 5.84. The number of para-hydroxylation sites is 1. The van der Waals surface area contributed by atoms with Gasteiger partial charge in [-0.05, 0) is 38.5 Å². The topological polar surface area (TPSA) is 59.6 Å². The third-order valence-corrected chi connectivity index (χ3v) is 4.05. The van der Waals surface area contributed by atoms with E-state index in [1.54, 1.807) is 7.11 Å². The molecule has 5 nitrogen and oxygen atoms in total. The molecule has 0 radical (unpaired) electrons. The highest BCUT2D eigenvalue weighted by Gasteiger charge is 2.18. The zero-order valence-electron chi connectivity index (χ0n) is 15.9. The third-order valence-electron chi connectivity index (χ3n) is 4.05. The summed E-state index contributed by atoms with van der Waals surface area (Å²) in [5, 5.41) is 6.25. The molecule has 1 amide bonds. The summed E-state index contributed by atoms with van der Waals surface area (Å²) in [7, 11) is 1.63. The van der Waals surface area contributed by atoms with Crippen LogP contribution in [0.1, 0.15) is 38.8 Å². The number of ether oxygens (including phenoxy) is 2. The first-order valence-electron chi connectivity index (χ1n) is 8.97. The van der Waals surface area contributed by atoms with Gasteiger partial charge in [-0.25, -0.2) is 0 Å². The van der Waals surface area contributed by atoms with Gasteiger partial charge in [0.15, 0.2) is 0 Å². The maximum atomic E-state index is 12.5. The lowest BCUT2D eigenvalue weighted by Crippen LogP contribution is -2.38. The minimum absolute atomic E-state index is 0.0803. The second-order valence-corrected chi connectivity index (χ2v) is 6.21. The largest absolute Gasteiger partial charge is 0.496 e. The summed E-state index contributed by atoms with van der Waals surface area (Å²) in [6.07, 6.45) is 0.956. The molecule has 5 heteroatoms. The Morgan fingerprint density at radius 2 is 1.88 bits per heavy atom. The third kappa shape index (κ3) is 5.41. The Morgan fingerprint density at radius 3 is 2.62 bits per heavy atom. The quantitative estimate of drug-likeness (QED) is 0.708. The van der Waals surface area contributed by atoms with Gasteiger partial charge in [0, 0.05) is 17.3 Å². The van der Waals surface area contributed by atoms with E-state index in [0.29, 0.717) is 6.61 Å². The molecular formula is C21H28N2O3. The molecule has 0 heterocycles. The second kappa shape index (κ2) is 9.70. The van der Waals surface area contributed by atoms with Crippen LogP contribution in [-0.4, -0.2) is 25.7 Å². The van der Waals surface area contributed by atoms with Crippen LogP contribution in [0.3, 0.4) is 0 Å². The van der Waals surface area contributed by atoms with Gasteiger partial charge in [0.1, 0.15) is 17.5 Å². The predicted molar refractivity (Wildman–Crippen MR) is 105 cm³/mol. The molecule has 0 bridgehead atoms. The number of hydrogen-bond acceptors (Lipinski definition) is 4. The fraction of sp³-hybridized carbons (Fsp3) is 0.381. The molecule has 140 valence electrons. The van der Waals surface area contributed by atoms with Crippen molar-refractivity contribution in [3.63, 3.8) is 0 Å². The van der Waals surface area contributed by atoms with E-state index in [-0.39, 0.29) is 18.0 Å². The van der Waals surface area contributed by atoms with Crippen LogP contribution in [0.4, 0.5) is 5.69 Å². The monoisotopic (exact) mass is 356 g/mol. The molecule has 0 aliphatic carbocycles. The standard InChI is InChI=1S/C21H28N2O3/c1-5-13-26-18-10-8-9-17(14-18)22-16(3)21(24)23-15(2)19-11-6-7-12-20(19)25-4/h6-12,14-16,22H,5,13H2,1-4H3,(H,23,24). The van der Waals surface area contributed by atoms with Crippen molar-refractivity contribution >= 4 is 11.6 Å². The van der Waals surface area contributed by atoms with Crippen LogP contribution in [-0.2, 0) is 4.79 Å². The fourth-order valence-electron chi connectivity index (χ4n) is 2.65. The number of nitrogens with one attached hydrogen (secondary N) is 2. The van der Waals surface area contributed by atoms with Gasteiger partial charge in [0.25, 0.3) is 0 Å². The number of hydrogen-bond donors (Lipinski definition) is 2. The zero-order valence-corrected chi connectivity index (χ0v) is 15.9. The summed E-state index contributed by atoms with van der Waals surface area (Å²) in [5.41, 5.74) is 1.80. The Kier molecular flexibility index (Phi) is 7.33. The summed E-state index contributed by atoms with van der Waals surface area (Å²) < 4.78 is 11.0. The molecule has 0 aliphatic rings. The fourth-order valence-corrected chi connectivity index (χ4v) is 2.65. The molecule has 2 N–H and O–H groups in total. The minimum atomic E-state index is -0.381. The molecule has 0 saturated heterocycles. The summed E-state index contributed by atoms with van der Waals surface area (Å²) in [4.78, 5) is 12.5. The minimum Gasteiger partial charge on any atom is -0.496 e. The first-order valence-corrected chi connectivity index (χ1v) is 8.97. The Hall–Kier alpha value is -2.69. The van der Waals surface area contributed by atoms with E-state index >= 15 is 0 Å². The molecule has 0 aliphatic heterocycles. The van der Waals surface area contributed by atoms with Gasteiger partial charge in [-0.3, -0.25) is 4.79 Å². The molecule has 26 heavy (non-hydrogen) atoms. The summed E-state index contributed by atoms with van der Waals surface area (Å²) in [5.74, 6) is 1.48. The smallest absolute Gasteiger partial charge is 0.242 e.